The van der Waals surface area contributed by atoms with Crippen molar-refractivity contribution in [3.05, 3.63) is 33.4 Å². The van der Waals surface area contributed by atoms with Crippen LogP contribution in [0.4, 0.5) is 0 Å². The van der Waals surface area contributed by atoms with Gasteiger partial charge in [-0.05, 0) is 49.9 Å². The third-order valence-corrected chi connectivity index (χ3v) is 3.02. The summed E-state index contributed by atoms with van der Waals surface area (Å²) >= 11 is 0. The van der Waals surface area contributed by atoms with E-state index in [9.17, 15) is 9.59 Å². The van der Waals surface area contributed by atoms with Crippen molar-refractivity contribution in [3.8, 4) is 0 Å². The summed E-state index contributed by atoms with van der Waals surface area (Å²) in [5, 5.41) is 0. The Hall–Kier alpha value is -1.44. The molecule has 1 aromatic rings. The standard InChI is InChI=1S/C12H14O2/c1-7-8(2)10(4)12(6-14)11(5-13)9(7)3/h5-6H,1-4H3. The molecule has 0 saturated heterocycles. The number of hydrogen-bond acceptors (Lipinski definition) is 2. The van der Waals surface area contributed by atoms with E-state index in [1.807, 2.05) is 27.7 Å². The zero-order valence-electron chi connectivity index (χ0n) is 8.97. The second-order valence-corrected chi connectivity index (χ2v) is 3.56. The van der Waals surface area contributed by atoms with Gasteiger partial charge in [-0.25, -0.2) is 0 Å². The average Bonchev–Trinajstić information content (AvgIpc) is 2.20. The van der Waals surface area contributed by atoms with Crippen molar-refractivity contribution >= 4 is 12.6 Å². The molecule has 1 aromatic carbocycles. The van der Waals surface area contributed by atoms with E-state index in [1.54, 1.807) is 0 Å². The number of aldehydes is 2. The first kappa shape index (κ1) is 10.6. The van der Waals surface area contributed by atoms with Crippen molar-refractivity contribution in [3.63, 3.8) is 0 Å². The van der Waals surface area contributed by atoms with E-state index in [0.29, 0.717) is 11.1 Å². The van der Waals surface area contributed by atoms with Gasteiger partial charge in [0.15, 0.2) is 12.6 Å². The van der Waals surface area contributed by atoms with Crippen molar-refractivity contribution in [2.24, 2.45) is 0 Å². The lowest BCUT2D eigenvalue weighted by Gasteiger charge is -2.13. The van der Waals surface area contributed by atoms with E-state index < -0.39 is 0 Å². The summed E-state index contributed by atoms with van der Waals surface area (Å²) in [6.45, 7) is 7.69. The molecule has 1 rings (SSSR count). The Morgan fingerprint density at radius 3 is 1.14 bits per heavy atom. The number of carbonyl (C=O) groups is 2. The van der Waals surface area contributed by atoms with E-state index in [1.165, 1.54) is 0 Å². The van der Waals surface area contributed by atoms with Gasteiger partial charge in [-0.3, -0.25) is 9.59 Å². The lowest BCUT2D eigenvalue weighted by atomic mass is 9.90. The minimum absolute atomic E-state index is 0.528. The third kappa shape index (κ3) is 1.37. The molecule has 0 fully saturated rings. The Kier molecular flexibility index (Phi) is 2.84. The minimum atomic E-state index is 0.528. The van der Waals surface area contributed by atoms with Crippen molar-refractivity contribution in [2.45, 2.75) is 27.7 Å². The molecule has 0 saturated carbocycles. The Morgan fingerprint density at radius 2 is 0.929 bits per heavy atom. The van der Waals surface area contributed by atoms with Crippen LogP contribution in [-0.4, -0.2) is 12.6 Å². The molecule has 2 heteroatoms. The van der Waals surface area contributed by atoms with Gasteiger partial charge in [-0.2, -0.15) is 0 Å². The maximum Gasteiger partial charge on any atom is 0.151 e. The quantitative estimate of drug-likeness (QED) is 0.671. The van der Waals surface area contributed by atoms with Crippen LogP contribution >= 0.6 is 0 Å². The average molecular weight is 190 g/mol. The molecular formula is C12H14O2. The number of hydrogen-bond donors (Lipinski definition) is 0. The zero-order valence-corrected chi connectivity index (χ0v) is 8.97. The highest BCUT2D eigenvalue weighted by Crippen LogP contribution is 2.23. The van der Waals surface area contributed by atoms with Gasteiger partial charge in [0.05, 0.1) is 0 Å². The number of rotatable bonds is 2. The molecule has 2 nitrogen and oxygen atoms in total. The SMILES string of the molecule is Cc1c(C)c(C)c(C=O)c(C=O)c1C. The molecule has 0 N–H and O–H groups in total. The molecule has 0 aliphatic rings. The van der Waals surface area contributed by atoms with Gasteiger partial charge in [0.25, 0.3) is 0 Å². The largest absolute Gasteiger partial charge is 0.298 e. The predicted octanol–water partition coefficient (Wildman–Crippen LogP) is 2.55. The molecule has 14 heavy (non-hydrogen) atoms. The lowest BCUT2D eigenvalue weighted by Crippen LogP contribution is -2.04. The normalized spacial score (nSPS) is 10.0. The van der Waals surface area contributed by atoms with Crippen LogP contribution in [0.15, 0.2) is 0 Å². The molecule has 0 aromatic heterocycles. The van der Waals surface area contributed by atoms with Crippen molar-refractivity contribution in [2.75, 3.05) is 0 Å². The second kappa shape index (κ2) is 3.74. The zero-order chi connectivity index (χ0) is 10.9. The molecule has 0 bridgehead atoms. The summed E-state index contributed by atoms with van der Waals surface area (Å²) in [6.07, 6.45) is 1.52. The maximum atomic E-state index is 10.9. The highest BCUT2D eigenvalue weighted by atomic mass is 16.1. The molecule has 0 atom stereocenters. The summed E-state index contributed by atoms with van der Waals surface area (Å²) in [5.41, 5.74) is 5.06. The monoisotopic (exact) mass is 190 g/mol. The summed E-state index contributed by atoms with van der Waals surface area (Å²) in [7, 11) is 0. The molecule has 0 heterocycles. The molecule has 0 aliphatic heterocycles. The van der Waals surface area contributed by atoms with Gasteiger partial charge in [0.1, 0.15) is 0 Å². The van der Waals surface area contributed by atoms with Gasteiger partial charge in [0, 0.05) is 11.1 Å². The van der Waals surface area contributed by atoms with Gasteiger partial charge < -0.3 is 0 Å². The van der Waals surface area contributed by atoms with E-state index in [-0.39, 0.29) is 0 Å². The van der Waals surface area contributed by atoms with Gasteiger partial charge in [-0.15, -0.1) is 0 Å². The van der Waals surface area contributed by atoms with Crippen LogP contribution in [0.3, 0.4) is 0 Å². The fraction of sp³-hybridized carbons (Fsp3) is 0.333. The molecule has 0 spiro atoms. The van der Waals surface area contributed by atoms with E-state index >= 15 is 0 Å². The molecular weight excluding hydrogens is 176 g/mol. The predicted molar refractivity (Wildman–Crippen MR) is 56.2 cm³/mol. The Bertz CT molecular complexity index is 365. The van der Waals surface area contributed by atoms with Crippen molar-refractivity contribution < 1.29 is 9.59 Å². The van der Waals surface area contributed by atoms with Crippen LogP contribution in [0.1, 0.15) is 43.0 Å². The van der Waals surface area contributed by atoms with Crippen LogP contribution in [-0.2, 0) is 0 Å². The Morgan fingerprint density at radius 1 is 0.643 bits per heavy atom. The molecule has 74 valence electrons. The smallest absolute Gasteiger partial charge is 0.151 e. The van der Waals surface area contributed by atoms with Crippen LogP contribution in [0.25, 0.3) is 0 Å². The lowest BCUT2D eigenvalue weighted by molar-refractivity contribution is 0.109. The Labute approximate surface area is 83.9 Å². The third-order valence-electron chi connectivity index (χ3n) is 3.02. The topological polar surface area (TPSA) is 34.1 Å². The van der Waals surface area contributed by atoms with Crippen molar-refractivity contribution in [1.82, 2.24) is 0 Å². The Balaban J connectivity index is 3.73. The number of benzene rings is 1. The van der Waals surface area contributed by atoms with E-state index in [0.717, 1.165) is 34.8 Å². The first-order chi connectivity index (χ1) is 6.54. The summed E-state index contributed by atoms with van der Waals surface area (Å²) in [4.78, 5) is 21.7. The first-order valence-electron chi connectivity index (χ1n) is 4.55. The fourth-order valence-corrected chi connectivity index (χ4v) is 1.67. The fourth-order valence-electron chi connectivity index (χ4n) is 1.67. The van der Waals surface area contributed by atoms with Crippen molar-refractivity contribution in [1.29, 1.82) is 0 Å². The highest BCUT2D eigenvalue weighted by Gasteiger charge is 2.13. The van der Waals surface area contributed by atoms with E-state index in [4.69, 9.17) is 0 Å². The summed E-state index contributed by atoms with van der Waals surface area (Å²) in [5.74, 6) is 0. The second-order valence-electron chi connectivity index (χ2n) is 3.56. The van der Waals surface area contributed by atoms with Gasteiger partial charge in [0.2, 0.25) is 0 Å². The first-order valence-corrected chi connectivity index (χ1v) is 4.55. The van der Waals surface area contributed by atoms with Crippen LogP contribution in [0.2, 0.25) is 0 Å². The molecule has 0 aliphatic carbocycles. The van der Waals surface area contributed by atoms with Crippen LogP contribution in [0, 0.1) is 27.7 Å². The van der Waals surface area contributed by atoms with Crippen LogP contribution < -0.4 is 0 Å². The minimum Gasteiger partial charge on any atom is -0.298 e. The summed E-state index contributed by atoms with van der Waals surface area (Å²) < 4.78 is 0. The molecule has 0 radical (unpaired) electrons. The maximum absolute atomic E-state index is 10.9. The summed E-state index contributed by atoms with van der Waals surface area (Å²) in [6, 6.07) is 0. The number of carbonyl (C=O) groups excluding carboxylic acids is 2. The highest BCUT2D eigenvalue weighted by molar-refractivity contribution is 5.94. The van der Waals surface area contributed by atoms with Gasteiger partial charge >= 0.3 is 0 Å². The van der Waals surface area contributed by atoms with E-state index in [2.05, 4.69) is 0 Å². The van der Waals surface area contributed by atoms with Crippen LogP contribution in [0.5, 0.6) is 0 Å². The van der Waals surface area contributed by atoms with Gasteiger partial charge in [-0.1, -0.05) is 0 Å². The molecule has 0 unspecified atom stereocenters. The molecule has 0 amide bonds.